The zero-order chi connectivity index (χ0) is 13.0. The molecular formula is C13H13N3O2. The van der Waals surface area contributed by atoms with Crippen LogP contribution in [0.2, 0.25) is 0 Å². The van der Waals surface area contributed by atoms with Crippen LogP contribution in [-0.4, -0.2) is 16.0 Å². The summed E-state index contributed by atoms with van der Waals surface area (Å²) in [6.45, 7) is 5.15. The van der Waals surface area contributed by atoms with Gasteiger partial charge in [0.1, 0.15) is 6.04 Å². The number of carbonyl (C=O) groups is 1. The zero-order valence-electron chi connectivity index (χ0n) is 9.96. The molecule has 1 unspecified atom stereocenters. The molecule has 92 valence electrons. The van der Waals surface area contributed by atoms with Gasteiger partial charge in [0, 0.05) is 0 Å². The van der Waals surface area contributed by atoms with Crippen LogP contribution in [0.4, 0.5) is 0 Å². The Kier molecular flexibility index (Phi) is 3.52. The second-order valence-corrected chi connectivity index (χ2v) is 3.74. The zero-order valence-corrected chi connectivity index (χ0v) is 9.96. The Hall–Kier alpha value is -2.43. The first-order valence-electron chi connectivity index (χ1n) is 5.49. The van der Waals surface area contributed by atoms with Crippen LogP contribution in [0.3, 0.4) is 0 Å². The third kappa shape index (κ3) is 2.63. The molecule has 0 saturated heterocycles. The lowest BCUT2D eigenvalue weighted by Gasteiger charge is -2.13. The molecule has 0 aliphatic rings. The minimum absolute atomic E-state index is 0.292. The average molecular weight is 243 g/mol. The van der Waals surface area contributed by atoms with Gasteiger partial charge in [0.2, 0.25) is 5.91 Å². The van der Waals surface area contributed by atoms with Crippen LogP contribution in [0.5, 0.6) is 0 Å². The Balaban J connectivity index is 2.34. The molecular weight excluding hydrogens is 230 g/mol. The summed E-state index contributed by atoms with van der Waals surface area (Å²) in [7, 11) is 0. The summed E-state index contributed by atoms with van der Waals surface area (Å²) in [5.74, 6) is 0.590. The van der Waals surface area contributed by atoms with Crippen LogP contribution in [-0.2, 0) is 4.79 Å². The van der Waals surface area contributed by atoms with Gasteiger partial charge in [-0.2, -0.15) is 4.98 Å². The summed E-state index contributed by atoms with van der Waals surface area (Å²) >= 11 is 0. The van der Waals surface area contributed by atoms with Gasteiger partial charge in [-0.3, -0.25) is 4.79 Å². The Bertz CT molecular complexity index is 548. The quantitative estimate of drug-likeness (QED) is 0.831. The number of hydrogen-bond acceptors (Lipinski definition) is 4. The number of amides is 1. The third-order valence-corrected chi connectivity index (χ3v) is 2.40. The first kappa shape index (κ1) is 12.0. The number of carbonyl (C=O) groups excluding carboxylic acids is 1. The minimum atomic E-state index is -0.460. The molecule has 2 rings (SSSR count). The van der Waals surface area contributed by atoms with E-state index in [0.717, 1.165) is 5.56 Å². The molecule has 0 bridgehead atoms. The highest BCUT2D eigenvalue weighted by molar-refractivity contribution is 5.87. The molecule has 0 saturated carbocycles. The highest BCUT2D eigenvalue weighted by Gasteiger charge is 2.21. The van der Waals surface area contributed by atoms with Gasteiger partial charge in [0.05, 0.1) is 0 Å². The van der Waals surface area contributed by atoms with Crippen LogP contribution >= 0.6 is 0 Å². The van der Waals surface area contributed by atoms with Crippen LogP contribution in [0.25, 0.3) is 0 Å². The summed E-state index contributed by atoms with van der Waals surface area (Å²) in [6, 6.07) is 8.96. The molecule has 1 aromatic heterocycles. The fraction of sp³-hybridized carbons (Fsp3) is 0.154. The van der Waals surface area contributed by atoms with Crippen molar-refractivity contribution in [3.05, 3.63) is 60.3 Å². The van der Waals surface area contributed by atoms with Crippen LogP contribution in [0.1, 0.15) is 23.3 Å². The predicted octanol–water partition coefficient (Wildman–Crippen LogP) is 1.77. The first-order valence-corrected chi connectivity index (χ1v) is 5.49. The van der Waals surface area contributed by atoms with Crippen molar-refractivity contribution in [2.24, 2.45) is 0 Å². The molecule has 0 aliphatic carbocycles. The summed E-state index contributed by atoms with van der Waals surface area (Å²) in [6.07, 6.45) is 1.21. The van der Waals surface area contributed by atoms with E-state index in [9.17, 15) is 4.79 Å². The van der Waals surface area contributed by atoms with Crippen molar-refractivity contribution in [3.63, 3.8) is 0 Å². The number of nitrogens with one attached hydrogen (secondary N) is 1. The molecule has 0 spiro atoms. The minimum Gasteiger partial charge on any atom is -0.337 e. The molecule has 18 heavy (non-hydrogen) atoms. The highest BCUT2D eigenvalue weighted by Crippen LogP contribution is 2.20. The number of rotatable bonds is 4. The van der Waals surface area contributed by atoms with E-state index in [2.05, 4.69) is 22.0 Å². The van der Waals surface area contributed by atoms with Gasteiger partial charge in [0.25, 0.3) is 5.89 Å². The van der Waals surface area contributed by atoms with E-state index in [0.29, 0.717) is 11.7 Å². The Labute approximate surface area is 105 Å². The fourth-order valence-electron chi connectivity index (χ4n) is 1.56. The second-order valence-electron chi connectivity index (χ2n) is 3.74. The van der Waals surface area contributed by atoms with Gasteiger partial charge in [-0.15, -0.1) is 0 Å². The van der Waals surface area contributed by atoms with Gasteiger partial charge in [0.15, 0.2) is 5.82 Å². The topological polar surface area (TPSA) is 68.0 Å². The van der Waals surface area contributed by atoms with E-state index >= 15 is 0 Å². The first-order chi connectivity index (χ1) is 8.70. The van der Waals surface area contributed by atoms with Crippen LogP contribution in [0, 0.1) is 6.92 Å². The summed E-state index contributed by atoms with van der Waals surface area (Å²) in [4.78, 5) is 15.6. The molecule has 1 atom stereocenters. The van der Waals surface area contributed by atoms with Crippen molar-refractivity contribution >= 4 is 5.91 Å². The molecule has 1 heterocycles. The van der Waals surface area contributed by atoms with Gasteiger partial charge in [-0.1, -0.05) is 42.1 Å². The lowest BCUT2D eigenvalue weighted by Crippen LogP contribution is -2.27. The Morgan fingerprint density at radius 1 is 1.44 bits per heavy atom. The number of hydrogen-bond donors (Lipinski definition) is 1. The van der Waals surface area contributed by atoms with E-state index in [-0.39, 0.29) is 5.91 Å². The molecule has 5 nitrogen and oxygen atoms in total. The van der Waals surface area contributed by atoms with Crippen molar-refractivity contribution in [1.29, 1.82) is 0 Å². The van der Waals surface area contributed by atoms with Gasteiger partial charge < -0.3 is 9.84 Å². The molecule has 5 heteroatoms. The average Bonchev–Trinajstić information content (AvgIpc) is 2.83. The molecule has 0 radical (unpaired) electrons. The van der Waals surface area contributed by atoms with E-state index in [4.69, 9.17) is 4.52 Å². The van der Waals surface area contributed by atoms with Gasteiger partial charge >= 0.3 is 0 Å². The van der Waals surface area contributed by atoms with Crippen LogP contribution in [0.15, 0.2) is 47.5 Å². The third-order valence-electron chi connectivity index (χ3n) is 2.40. The number of nitrogens with zero attached hydrogens (tertiary/aromatic N) is 2. The van der Waals surface area contributed by atoms with E-state index < -0.39 is 6.04 Å². The van der Waals surface area contributed by atoms with Crippen LogP contribution < -0.4 is 5.32 Å². The van der Waals surface area contributed by atoms with Gasteiger partial charge in [-0.25, -0.2) is 0 Å². The standard InChI is InChI=1S/C13H13N3O2/c1-3-11(17)15-12(10-7-5-4-6-8-10)13-14-9(2)16-18-13/h3-8,12H,1H2,2H3,(H,15,17). The highest BCUT2D eigenvalue weighted by atomic mass is 16.5. The normalized spacial score (nSPS) is 11.8. The molecule has 0 fully saturated rings. The maximum atomic E-state index is 11.5. The van der Waals surface area contributed by atoms with E-state index in [1.165, 1.54) is 6.08 Å². The summed E-state index contributed by atoms with van der Waals surface area (Å²) in [5, 5.41) is 6.49. The Morgan fingerprint density at radius 3 is 2.72 bits per heavy atom. The largest absolute Gasteiger partial charge is 0.337 e. The predicted molar refractivity (Wildman–Crippen MR) is 65.7 cm³/mol. The summed E-state index contributed by atoms with van der Waals surface area (Å²) < 4.78 is 5.12. The molecule has 2 aromatic rings. The number of benzene rings is 1. The smallest absolute Gasteiger partial charge is 0.253 e. The second kappa shape index (κ2) is 5.27. The van der Waals surface area contributed by atoms with Crippen molar-refractivity contribution in [2.45, 2.75) is 13.0 Å². The molecule has 0 aliphatic heterocycles. The number of aromatic nitrogens is 2. The maximum absolute atomic E-state index is 11.5. The monoisotopic (exact) mass is 243 g/mol. The van der Waals surface area contributed by atoms with Crippen molar-refractivity contribution in [3.8, 4) is 0 Å². The summed E-state index contributed by atoms with van der Waals surface area (Å²) in [5.41, 5.74) is 0.872. The molecule has 1 aromatic carbocycles. The maximum Gasteiger partial charge on any atom is 0.253 e. The van der Waals surface area contributed by atoms with Crippen molar-refractivity contribution in [1.82, 2.24) is 15.5 Å². The number of aryl methyl sites for hydroxylation is 1. The fourth-order valence-corrected chi connectivity index (χ4v) is 1.56. The molecule has 1 N–H and O–H groups in total. The van der Waals surface area contributed by atoms with E-state index in [1.807, 2.05) is 30.3 Å². The lowest BCUT2D eigenvalue weighted by molar-refractivity contribution is -0.117. The van der Waals surface area contributed by atoms with Gasteiger partial charge in [-0.05, 0) is 18.6 Å². The van der Waals surface area contributed by atoms with E-state index in [1.54, 1.807) is 6.92 Å². The van der Waals surface area contributed by atoms with Crippen molar-refractivity contribution in [2.75, 3.05) is 0 Å². The Morgan fingerprint density at radius 2 is 2.17 bits per heavy atom. The molecule has 1 amide bonds. The van der Waals surface area contributed by atoms with Crippen molar-refractivity contribution < 1.29 is 9.32 Å². The SMILES string of the molecule is C=CC(=O)NC(c1ccccc1)c1nc(C)no1. The lowest BCUT2D eigenvalue weighted by atomic mass is 10.1.